The van der Waals surface area contributed by atoms with E-state index in [4.69, 9.17) is 0 Å². The second kappa shape index (κ2) is 2.39. The molecule has 0 unspecified atom stereocenters. The first-order chi connectivity index (χ1) is 4.38. The number of rotatable bonds is 2. The Hall–Kier alpha value is -1.19. The lowest BCUT2D eigenvalue weighted by Gasteiger charge is -1.97. The molecule has 1 aromatic rings. The minimum Gasteiger partial charge on any atom is -0.372 e. The SMILES string of the molecule is CNc1nc[nH]c1NC. The molecule has 0 aliphatic rings. The molecule has 3 N–H and O–H groups in total. The highest BCUT2D eigenvalue weighted by Gasteiger charge is 1.97. The number of hydrogen-bond donors (Lipinski definition) is 3. The van der Waals surface area contributed by atoms with Gasteiger partial charge in [-0.15, -0.1) is 0 Å². The van der Waals surface area contributed by atoms with Crippen LogP contribution < -0.4 is 10.6 Å². The van der Waals surface area contributed by atoms with Crippen LogP contribution in [0.5, 0.6) is 0 Å². The van der Waals surface area contributed by atoms with E-state index in [2.05, 4.69) is 20.6 Å². The van der Waals surface area contributed by atoms with Crippen LogP contribution in [0.4, 0.5) is 11.6 Å². The fourth-order valence-electron chi connectivity index (χ4n) is 0.674. The van der Waals surface area contributed by atoms with Crippen LogP contribution in [0, 0.1) is 0 Å². The predicted octanol–water partition coefficient (Wildman–Crippen LogP) is 0.493. The molecule has 0 saturated heterocycles. The van der Waals surface area contributed by atoms with Gasteiger partial charge in [-0.05, 0) is 0 Å². The summed E-state index contributed by atoms with van der Waals surface area (Å²) in [6, 6.07) is 0. The lowest BCUT2D eigenvalue weighted by molar-refractivity contribution is 1.30. The van der Waals surface area contributed by atoms with Crippen LogP contribution in [0.2, 0.25) is 0 Å². The van der Waals surface area contributed by atoms with Crippen molar-refractivity contribution < 1.29 is 0 Å². The van der Waals surface area contributed by atoms with Gasteiger partial charge in [-0.25, -0.2) is 4.98 Å². The minimum atomic E-state index is 0.845. The number of hydrogen-bond acceptors (Lipinski definition) is 3. The highest BCUT2D eigenvalue weighted by atomic mass is 15.1. The third-order valence-corrected chi connectivity index (χ3v) is 1.13. The van der Waals surface area contributed by atoms with E-state index in [1.54, 1.807) is 6.33 Å². The van der Waals surface area contributed by atoms with Gasteiger partial charge in [0.2, 0.25) is 0 Å². The van der Waals surface area contributed by atoms with Crippen LogP contribution in [0.1, 0.15) is 0 Å². The minimum absolute atomic E-state index is 0.845. The van der Waals surface area contributed by atoms with Gasteiger partial charge in [0.05, 0.1) is 6.33 Å². The van der Waals surface area contributed by atoms with Crippen molar-refractivity contribution in [2.45, 2.75) is 0 Å². The molecule has 4 heteroatoms. The van der Waals surface area contributed by atoms with E-state index < -0.39 is 0 Å². The molecule has 0 fully saturated rings. The molecule has 0 radical (unpaired) electrons. The molecular formula is C5H10N4. The number of anilines is 2. The van der Waals surface area contributed by atoms with Gasteiger partial charge in [0.25, 0.3) is 0 Å². The zero-order valence-electron chi connectivity index (χ0n) is 5.52. The third kappa shape index (κ3) is 0.960. The summed E-state index contributed by atoms with van der Waals surface area (Å²) in [6.07, 6.45) is 1.64. The van der Waals surface area contributed by atoms with Crippen LogP contribution in [0.25, 0.3) is 0 Å². The second-order valence-corrected chi connectivity index (χ2v) is 1.63. The average molecular weight is 126 g/mol. The molecule has 9 heavy (non-hydrogen) atoms. The quantitative estimate of drug-likeness (QED) is 0.540. The van der Waals surface area contributed by atoms with Crippen LogP contribution >= 0.6 is 0 Å². The molecule has 0 aliphatic heterocycles. The van der Waals surface area contributed by atoms with E-state index >= 15 is 0 Å². The Balaban J connectivity index is 2.85. The second-order valence-electron chi connectivity index (χ2n) is 1.63. The summed E-state index contributed by atoms with van der Waals surface area (Å²) in [5.74, 6) is 1.76. The van der Waals surface area contributed by atoms with Gasteiger partial charge >= 0.3 is 0 Å². The maximum Gasteiger partial charge on any atom is 0.168 e. The third-order valence-electron chi connectivity index (χ3n) is 1.13. The van der Waals surface area contributed by atoms with E-state index in [0.29, 0.717) is 0 Å². The molecule has 1 heterocycles. The summed E-state index contributed by atoms with van der Waals surface area (Å²) in [7, 11) is 3.67. The maximum atomic E-state index is 3.98. The van der Waals surface area contributed by atoms with Crippen LogP contribution in [0.3, 0.4) is 0 Å². The first-order valence-electron chi connectivity index (χ1n) is 2.77. The smallest absolute Gasteiger partial charge is 0.168 e. The molecule has 0 saturated carbocycles. The first-order valence-corrected chi connectivity index (χ1v) is 2.77. The van der Waals surface area contributed by atoms with Gasteiger partial charge in [0.1, 0.15) is 5.82 Å². The molecule has 0 atom stereocenters. The van der Waals surface area contributed by atoms with Gasteiger partial charge < -0.3 is 15.6 Å². The molecule has 0 spiro atoms. The Morgan fingerprint density at radius 1 is 1.44 bits per heavy atom. The Morgan fingerprint density at radius 2 is 2.22 bits per heavy atom. The average Bonchev–Trinajstić information content (AvgIpc) is 2.33. The van der Waals surface area contributed by atoms with Crippen molar-refractivity contribution in [3.8, 4) is 0 Å². The molecular weight excluding hydrogens is 116 g/mol. The van der Waals surface area contributed by atoms with Crippen LogP contribution in [-0.4, -0.2) is 24.1 Å². The number of imidazole rings is 1. The van der Waals surface area contributed by atoms with Gasteiger partial charge in [-0.1, -0.05) is 0 Å². The Kier molecular flexibility index (Phi) is 1.58. The molecule has 1 aromatic heterocycles. The standard InChI is InChI=1S/C5H10N4/c1-6-4-5(7-2)9-3-8-4/h3,6-7H,1-2H3,(H,8,9). The fourth-order valence-corrected chi connectivity index (χ4v) is 0.674. The number of aromatic amines is 1. The summed E-state index contributed by atoms with van der Waals surface area (Å²) < 4.78 is 0. The summed E-state index contributed by atoms with van der Waals surface area (Å²) >= 11 is 0. The molecule has 4 nitrogen and oxygen atoms in total. The van der Waals surface area contributed by atoms with Crippen LogP contribution in [-0.2, 0) is 0 Å². The van der Waals surface area contributed by atoms with Crippen molar-refractivity contribution in [3.63, 3.8) is 0 Å². The summed E-state index contributed by atoms with van der Waals surface area (Å²) in [6.45, 7) is 0. The zero-order valence-corrected chi connectivity index (χ0v) is 5.52. The molecule has 0 amide bonds. The summed E-state index contributed by atoms with van der Waals surface area (Å²) in [4.78, 5) is 6.90. The van der Waals surface area contributed by atoms with Crippen molar-refractivity contribution in [3.05, 3.63) is 6.33 Å². The normalized spacial score (nSPS) is 9.11. The first kappa shape index (κ1) is 5.94. The van der Waals surface area contributed by atoms with Gasteiger partial charge in [0.15, 0.2) is 5.82 Å². The van der Waals surface area contributed by atoms with Gasteiger partial charge in [-0.3, -0.25) is 0 Å². The van der Waals surface area contributed by atoms with Crippen molar-refractivity contribution in [2.75, 3.05) is 24.7 Å². The molecule has 0 bridgehead atoms. The highest BCUT2D eigenvalue weighted by Crippen LogP contribution is 2.12. The van der Waals surface area contributed by atoms with E-state index in [9.17, 15) is 0 Å². The largest absolute Gasteiger partial charge is 0.372 e. The molecule has 0 aromatic carbocycles. The summed E-state index contributed by atoms with van der Waals surface area (Å²) in [5, 5.41) is 5.87. The van der Waals surface area contributed by atoms with Gasteiger partial charge in [-0.2, -0.15) is 0 Å². The number of H-pyrrole nitrogens is 1. The lowest BCUT2D eigenvalue weighted by atomic mass is 10.6. The number of aromatic nitrogens is 2. The Bertz CT molecular complexity index is 162. The zero-order chi connectivity index (χ0) is 6.69. The van der Waals surface area contributed by atoms with Crippen molar-refractivity contribution in [1.29, 1.82) is 0 Å². The number of nitrogens with one attached hydrogen (secondary N) is 3. The Labute approximate surface area is 53.7 Å². The van der Waals surface area contributed by atoms with Crippen molar-refractivity contribution in [2.24, 2.45) is 0 Å². The lowest BCUT2D eigenvalue weighted by Crippen LogP contribution is -1.94. The van der Waals surface area contributed by atoms with E-state index in [0.717, 1.165) is 11.6 Å². The Morgan fingerprint density at radius 3 is 2.67 bits per heavy atom. The van der Waals surface area contributed by atoms with Crippen molar-refractivity contribution in [1.82, 2.24) is 9.97 Å². The topological polar surface area (TPSA) is 52.7 Å². The fraction of sp³-hybridized carbons (Fsp3) is 0.400. The van der Waals surface area contributed by atoms with Crippen LogP contribution in [0.15, 0.2) is 6.33 Å². The van der Waals surface area contributed by atoms with E-state index in [1.807, 2.05) is 14.1 Å². The van der Waals surface area contributed by atoms with E-state index in [1.165, 1.54) is 0 Å². The number of nitrogens with zero attached hydrogens (tertiary/aromatic N) is 1. The molecule has 50 valence electrons. The van der Waals surface area contributed by atoms with Gasteiger partial charge in [0, 0.05) is 14.1 Å². The molecule has 0 aliphatic carbocycles. The van der Waals surface area contributed by atoms with E-state index in [-0.39, 0.29) is 0 Å². The molecule has 1 rings (SSSR count). The highest BCUT2D eigenvalue weighted by molar-refractivity contribution is 5.58. The summed E-state index contributed by atoms with van der Waals surface area (Å²) in [5.41, 5.74) is 0. The predicted molar refractivity (Wildman–Crippen MR) is 37.7 cm³/mol. The monoisotopic (exact) mass is 126 g/mol. The maximum absolute atomic E-state index is 3.98. The van der Waals surface area contributed by atoms with Crippen molar-refractivity contribution >= 4 is 11.6 Å².